The molecule has 1 aliphatic rings. The number of carbonyl (C=O) groups is 2. The largest absolute Gasteiger partial charge is 0.461 e. The lowest BCUT2D eigenvalue weighted by molar-refractivity contribution is -0.154. The molecule has 84 valence electrons. The van der Waals surface area contributed by atoms with Gasteiger partial charge < -0.3 is 9.53 Å². The molecule has 0 N–H and O–H groups in total. The standard InChI is InChI=1S/C13H14O3/c14-8-11-6-12(7-11)13(15)16-9-10-4-2-1-3-5-10/h1-5,8,11-12H,6-7,9H2/t11-,12-. The summed E-state index contributed by atoms with van der Waals surface area (Å²) >= 11 is 0. The first-order valence-electron chi connectivity index (χ1n) is 5.45. The van der Waals surface area contributed by atoms with E-state index in [-0.39, 0.29) is 17.8 Å². The average Bonchev–Trinajstić information content (AvgIpc) is 2.26. The van der Waals surface area contributed by atoms with Gasteiger partial charge in [-0.1, -0.05) is 30.3 Å². The maximum absolute atomic E-state index is 11.5. The fraction of sp³-hybridized carbons (Fsp3) is 0.385. The molecule has 3 nitrogen and oxygen atoms in total. The minimum atomic E-state index is -0.179. The molecule has 1 aromatic rings. The summed E-state index contributed by atoms with van der Waals surface area (Å²) in [5.41, 5.74) is 0.988. The van der Waals surface area contributed by atoms with Crippen LogP contribution in [0.2, 0.25) is 0 Å². The van der Waals surface area contributed by atoms with Gasteiger partial charge >= 0.3 is 5.97 Å². The molecule has 3 heteroatoms. The van der Waals surface area contributed by atoms with Crippen molar-refractivity contribution < 1.29 is 14.3 Å². The molecule has 0 aromatic heterocycles. The number of ether oxygens (including phenoxy) is 1. The molecule has 1 aromatic carbocycles. The third kappa shape index (κ3) is 2.48. The molecule has 0 saturated heterocycles. The predicted molar refractivity (Wildman–Crippen MR) is 58.5 cm³/mol. The Bertz CT molecular complexity index is 366. The Morgan fingerprint density at radius 1 is 1.31 bits per heavy atom. The van der Waals surface area contributed by atoms with Crippen LogP contribution in [-0.2, 0) is 20.9 Å². The van der Waals surface area contributed by atoms with Crippen LogP contribution in [0, 0.1) is 11.8 Å². The molecule has 1 saturated carbocycles. The molecule has 0 aliphatic heterocycles. The molecule has 0 atom stereocenters. The van der Waals surface area contributed by atoms with E-state index in [1.165, 1.54) is 0 Å². The summed E-state index contributed by atoms with van der Waals surface area (Å²) in [5.74, 6) is -0.185. The maximum atomic E-state index is 11.5. The molecule has 0 spiro atoms. The highest BCUT2D eigenvalue weighted by Gasteiger charge is 2.35. The van der Waals surface area contributed by atoms with Crippen LogP contribution in [0.1, 0.15) is 18.4 Å². The van der Waals surface area contributed by atoms with Crippen molar-refractivity contribution in [1.29, 1.82) is 0 Å². The van der Waals surface area contributed by atoms with Crippen LogP contribution in [0.25, 0.3) is 0 Å². The number of aldehydes is 1. The number of carbonyl (C=O) groups excluding carboxylic acids is 2. The van der Waals surface area contributed by atoms with Gasteiger partial charge in [-0.05, 0) is 18.4 Å². The highest BCUT2D eigenvalue weighted by molar-refractivity contribution is 5.75. The van der Waals surface area contributed by atoms with Crippen molar-refractivity contribution in [1.82, 2.24) is 0 Å². The van der Waals surface area contributed by atoms with Crippen LogP contribution in [0.4, 0.5) is 0 Å². The maximum Gasteiger partial charge on any atom is 0.309 e. The number of hydrogen-bond donors (Lipinski definition) is 0. The van der Waals surface area contributed by atoms with Crippen LogP contribution in [0.15, 0.2) is 30.3 Å². The van der Waals surface area contributed by atoms with Gasteiger partial charge in [-0.3, -0.25) is 4.79 Å². The highest BCUT2D eigenvalue weighted by Crippen LogP contribution is 2.33. The first-order chi connectivity index (χ1) is 7.79. The second kappa shape index (κ2) is 4.92. The van der Waals surface area contributed by atoms with E-state index < -0.39 is 0 Å². The SMILES string of the molecule is O=C[C@H]1C[C@H](C(=O)OCc2ccccc2)C1. The Morgan fingerprint density at radius 2 is 2.00 bits per heavy atom. The molecule has 2 rings (SSSR count). The van der Waals surface area contributed by atoms with Gasteiger partial charge in [0.1, 0.15) is 12.9 Å². The van der Waals surface area contributed by atoms with Gasteiger partial charge in [-0.25, -0.2) is 0 Å². The van der Waals surface area contributed by atoms with Gasteiger partial charge in [0.2, 0.25) is 0 Å². The molecule has 0 bridgehead atoms. The minimum absolute atomic E-state index is 0.0641. The zero-order chi connectivity index (χ0) is 11.4. The zero-order valence-electron chi connectivity index (χ0n) is 8.96. The van der Waals surface area contributed by atoms with Gasteiger partial charge in [0.25, 0.3) is 0 Å². The summed E-state index contributed by atoms with van der Waals surface area (Å²) in [5, 5.41) is 0. The van der Waals surface area contributed by atoms with E-state index in [2.05, 4.69) is 0 Å². The van der Waals surface area contributed by atoms with E-state index in [1.54, 1.807) is 0 Å². The molecule has 0 amide bonds. The van der Waals surface area contributed by atoms with Crippen molar-refractivity contribution >= 4 is 12.3 Å². The molecule has 16 heavy (non-hydrogen) atoms. The Balaban J connectivity index is 1.75. The van der Waals surface area contributed by atoms with Crippen molar-refractivity contribution in [2.24, 2.45) is 11.8 Å². The van der Waals surface area contributed by atoms with Crippen molar-refractivity contribution in [3.8, 4) is 0 Å². The monoisotopic (exact) mass is 218 g/mol. The lowest BCUT2D eigenvalue weighted by atomic mass is 9.76. The summed E-state index contributed by atoms with van der Waals surface area (Å²) in [6.45, 7) is 0.321. The summed E-state index contributed by atoms with van der Waals surface area (Å²) in [6.07, 6.45) is 2.22. The summed E-state index contributed by atoms with van der Waals surface area (Å²) in [6, 6.07) is 9.58. The zero-order valence-corrected chi connectivity index (χ0v) is 8.96. The minimum Gasteiger partial charge on any atom is -0.461 e. The molecule has 0 radical (unpaired) electrons. The van der Waals surface area contributed by atoms with Crippen molar-refractivity contribution in [2.75, 3.05) is 0 Å². The van der Waals surface area contributed by atoms with Crippen molar-refractivity contribution in [2.45, 2.75) is 19.4 Å². The number of rotatable bonds is 4. The first kappa shape index (κ1) is 10.9. The second-order valence-corrected chi connectivity index (χ2v) is 4.16. The second-order valence-electron chi connectivity index (χ2n) is 4.16. The molecule has 0 heterocycles. The van der Waals surface area contributed by atoms with Gasteiger partial charge in [0.15, 0.2) is 0 Å². The normalized spacial score (nSPS) is 23.2. The van der Waals surface area contributed by atoms with Crippen LogP contribution in [-0.4, -0.2) is 12.3 Å². The first-order valence-corrected chi connectivity index (χ1v) is 5.45. The van der Waals surface area contributed by atoms with E-state index in [9.17, 15) is 9.59 Å². The summed E-state index contributed by atoms with van der Waals surface area (Å²) in [4.78, 5) is 21.9. The van der Waals surface area contributed by atoms with Crippen LogP contribution >= 0.6 is 0 Å². The molecule has 1 aliphatic carbocycles. The van der Waals surface area contributed by atoms with E-state index >= 15 is 0 Å². The van der Waals surface area contributed by atoms with Crippen LogP contribution in [0.5, 0.6) is 0 Å². The van der Waals surface area contributed by atoms with Gasteiger partial charge in [0.05, 0.1) is 5.92 Å². The third-order valence-corrected chi connectivity index (χ3v) is 2.92. The fourth-order valence-corrected chi connectivity index (χ4v) is 1.81. The quantitative estimate of drug-likeness (QED) is 0.573. The number of hydrogen-bond acceptors (Lipinski definition) is 3. The van der Waals surface area contributed by atoms with Gasteiger partial charge in [0, 0.05) is 5.92 Å². The summed E-state index contributed by atoms with van der Waals surface area (Å²) in [7, 11) is 0. The summed E-state index contributed by atoms with van der Waals surface area (Å²) < 4.78 is 5.17. The number of benzene rings is 1. The molecular formula is C13H14O3. The van der Waals surface area contributed by atoms with Crippen molar-refractivity contribution in [3.05, 3.63) is 35.9 Å². The predicted octanol–water partition coefficient (Wildman–Crippen LogP) is 1.95. The topological polar surface area (TPSA) is 43.4 Å². The highest BCUT2D eigenvalue weighted by atomic mass is 16.5. The Hall–Kier alpha value is -1.64. The van der Waals surface area contributed by atoms with E-state index in [0.717, 1.165) is 11.8 Å². The number of esters is 1. The molecular weight excluding hydrogens is 204 g/mol. The Labute approximate surface area is 94.4 Å². The van der Waals surface area contributed by atoms with Gasteiger partial charge in [-0.15, -0.1) is 0 Å². The van der Waals surface area contributed by atoms with Crippen molar-refractivity contribution in [3.63, 3.8) is 0 Å². The van der Waals surface area contributed by atoms with E-state index in [0.29, 0.717) is 19.4 Å². The molecule has 1 fully saturated rings. The lowest BCUT2D eigenvalue weighted by Gasteiger charge is -2.29. The molecule has 0 unspecified atom stereocenters. The third-order valence-electron chi connectivity index (χ3n) is 2.92. The van der Waals surface area contributed by atoms with E-state index in [4.69, 9.17) is 4.74 Å². The van der Waals surface area contributed by atoms with Gasteiger partial charge in [-0.2, -0.15) is 0 Å². The van der Waals surface area contributed by atoms with Crippen LogP contribution in [0.3, 0.4) is 0 Å². The Morgan fingerprint density at radius 3 is 2.62 bits per heavy atom. The fourth-order valence-electron chi connectivity index (χ4n) is 1.81. The lowest BCUT2D eigenvalue weighted by Crippen LogP contribution is -2.32. The Kier molecular flexibility index (Phi) is 3.34. The average molecular weight is 218 g/mol. The van der Waals surface area contributed by atoms with Crippen LogP contribution < -0.4 is 0 Å². The van der Waals surface area contributed by atoms with E-state index in [1.807, 2.05) is 30.3 Å². The smallest absolute Gasteiger partial charge is 0.309 e.